The molecular weight excluding hydrogens is 278 g/mol. The molecule has 1 aromatic carbocycles. The molecule has 1 aromatic rings. The number of nitrogens with zero attached hydrogens (tertiary/aromatic N) is 1. The Hall–Kier alpha value is -2.10. The second kappa shape index (κ2) is 7.25. The third-order valence-corrected chi connectivity index (χ3v) is 4.14. The minimum absolute atomic E-state index is 0.00385. The number of carbonyl (C=O) groups is 2. The lowest BCUT2D eigenvalue weighted by molar-refractivity contribution is -0.143. The quantitative estimate of drug-likeness (QED) is 0.620. The number of ether oxygens (including phenoxy) is 1. The average molecular weight is 301 g/mol. The minimum atomic E-state index is -0.242. The molecular formula is C18H23NO3. The number of amides is 1. The van der Waals surface area contributed by atoms with Gasteiger partial charge in [0.15, 0.2) is 0 Å². The van der Waals surface area contributed by atoms with Crippen molar-refractivity contribution in [3.63, 3.8) is 0 Å². The van der Waals surface area contributed by atoms with E-state index in [9.17, 15) is 9.59 Å². The van der Waals surface area contributed by atoms with Crippen molar-refractivity contribution >= 4 is 11.9 Å². The maximum absolute atomic E-state index is 12.6. The maximum atomic E-state index is 12.6. The van der Waals surface area contributed by atoms with Crippen LogP contribution in [-0.2, 0) is 14.3 Å². The largest absolute Gasteiger partial charge is 0.466 e. The molecule has 0 saturated carbocycles. The highest BCUT2D eigenvalue weighted by atomic mass is 16.5. The molecule has 1 amide bonds. The monoisotopic (exact) mass is 301 g/mol. The van der Waals surface area contributed by atoms with E-state index in [1.807, 2.05) is 55.2 Å². The van der Waals surface area contributed by atoms with E-state index in [2.05, 4.69) is 0 Å². The normalized spacial score (nSPS) is 21.2. The number of benzene rings is 1. The van der Waals surface area contributed by atoms with Crippen LogP contribution in [0.5, 0.6) is 0 Å². The van der Waals surface area contributed by atoms with Crippen molar-refractivity contribution < 1.29 is 14.3 Å². The molecule has 0 bridgehead atoms. The zero-order valence-electron chi connectivity index (χ0n) is 13.4. The summed E-state index contributed by atoms with van der Waals surface area (Å²) in [6.07, 6.45) is 2.08. The van der Waals surface area contributed by atoms with Crippen LogP contribution in [0, 0.1) is 5.92 Å². The fraction of sp³-hybridized carbons (Fsp3) is 0.444. The van der Waals surface area contributed by atoms with Gasteiger partial charge in [0.1, 0.15) is 0 Å². The zero-order chi connectivity index (χ0) is 16.1. The van der Waals surface area contributed by atoms with E-state index < -0.39 is 0 Å². The standard InChI is InChI=1S/C18H23NO3/c1-4-16-15(11-17(20)22-5-2)12-19(18(16)21)13(3)14-9-7-6-8-10-14/h4,6-10,13,15H,5,11-12H2,1-3H3/b16-4+/t13-,15?/m1/s1. The van der Waals surface area contributed by atoms with Crippen molar-refractivity contribution in [1.29, 1.82) is 0 Å². The van der Waals surface area contributed by atoms with Gasteiger partial charge in [-0.15, -0.1) is 0 Å². The summed E-state index contributed by atoms with van der Waals surface area (Å²) in [4.78, 5) is 26.2. The third kappa shape index (κ3) is 3.38. The predicted octanol–water partition coefficient (Wildman–Crippen LogP) is 3.11. The van der Waals surface area contributed by atoms with Gasteiger partial charge in [-0.1, -0.05) is 36.4 Å². The van der Waals surface area contributed by atoms with Gasteiger partial charge >= 0.3 is 5.97 Å². The highest BCUT2D eigenvalue weighted by Gasteiger charge is 2.38. The number of hydrogen-bond acceptors (Lipinski definition) is 3. The molecule has 1 aliphatic rings. The first-order chi connectivity index (χ1) is 10.6. The van der Waals surface area contributed by atoms with Crippen molar-refractivity contribution in [2.75, 3.05) is 13.2 Å². The van der Waals surface area contributed by atoms with Crippen LogP contribution in [0.15, 0.2) is 42.0 Å². The molecule has 1 saturated heterocycles. The van der Waals surface area contributed by atoms with Crippen LogP contribution < -0.4 is 0 Å². The van der Waals surface area contributed by atoms with Crippen LogP contribution in [0.25, 0.3) is 0 Å². The topological polar surface area (TPSA) is 46.6 Å². The Balaban J connectivity index is 2.15. The Morgan fingerprint density at radius 1 is 1.41 bits per heavy atom. The summed E-state index contributed by atoms with van der Waals surface area (Å²) in [6, 6.07) is 9.94. The molecule has 118 valence electrons. The molecule has 0 aliphatic carbocycles. The summed E-state index contributed by atoms with van der Waals surface area (Å²) >= 11 is 0. The van der Waals surface area contributed by atoms with Crippen LogP contribution in [0.1, 0.15) is 38.8 Å². The molecule has 1 heterocycles. The first kappa shape index (κ1) is 16.3. The van der Waals surface area contributed by atoms with Crippen LogP contribution in [0.4, 0.5) is 0 Å². The van der Waals surface area contributed by atoms with Gasteiger partial charge in [0.05, 0.1) is 19.1 Å². The van der Waals surface area contributed by atoms with E-state index in [1.165, 1.54) is 0 Å². The zero-order valence-corrected chi connectivity index (χ0v) is 13.4. The van der Waals surface area contributed by atoms with Crippen LogP contribution in [-0.4, -0.2) is 29.9 Å². The van der Waals surface area contributed by atoms with E-state index in [-0.39, 0.29) is 30.3 Å². The number of likely N-dealkylation sites (tertiary alicyclic amines) is 1. The highest BCUT2D eigenvalue weighted by Crippen LogP contribution is 2.33. The average Bonchev–Trinajstić information content (AvgIpc) is 2.83. The summed E-state index contributed by atoms with van der Waals surface area (Å²) in [7, 11) is 0. The van der Waals surface area contributed by atoms with Gasteiger partial charge in [-0.25, -0.2) is 0 Å². The highest BCUT2D eigenvalue weighted by molar-refractivity contribution is 5.97. The fourth-order valence-corrected chi connectivity index (χ4v) is 2.96. The second-order valence-corrected chi connectivity index (χ2v) is 5.49. The SMILES string of the molecule is C/C=C1/C(=O)N([C@H](C)c2ccccc2)CC1CC(=O)OCC. The van der Waals surface area contributed by atoms with E-state index in [0.717, 1.165) is 11.1 Å². The Bertz CT molecular complexity index is 565. The van der Waals surface area contributed by atoms with Gasteiger partial charge in [0.2, 0.25) is 5.91 Å². The molecule has 1 unspecified atom stereocenters. The van der Waals surface area contributed by atoms with Crippen LogP contribution in [0.2, 0.25) is 0 Å². The molecule has 1 fully saturated rings. The number of allylic oxidation sites excluding steroid dienone is 1. The molecule has 0 N–H and O–H groups in total. The molecule has 1 aliphatic heterocycles. The molecule has 2 rings (SSSR count). The van der Waals surface area contributed by atoms with Crippen LogP contribution >= 0.6 is 0 Å². The lowest BCUT2D eigenvalue weighted by atomic mass is 9.99. The van der Waals surface area contributed by atoms with Crippen molar-refractivity contribution in [3.05, 3.63) is 47.5 Å². The Morgan fingerprint density at radius 2 is 2.09 bits per heavy atom. The Morgan fingerprint density at radius 3 is 2.68 bits per heavy atom. The van der Waals surface area contributed by atoms with E-state index >= 15 is 0 Å². The predicted molar refractivity (Wildman–Crippen MR) is 85.1 cm³/mol. The first-order valence-electron chi connectivity index (χ1n) is 7.76. The Labute approximate surface area is 131 Å². The lowest BCUT2D eigenvalue weighted by Gasteiger charge is -2.24. The van der Waals surface area contributed by atoms with Crippen molar-refractivity contribution in [3.8, 4) is 0 Å². The molecule has 22 heavy (non-hydrogen) atoms. The summed E-state index contributed by atoms with van der Waals surface area (Å²) in [6.45, 7) is 6.59. The van der Waals surface area contributed by atoms with Crippen molar-refractivity contribution in [2.24, 2.45) is 5.92 Å². The van der Waals surface area contributed by atoms with Crippen molar-refractivity contribution in [1.82, 2.24) is 4.90 Å². The van der Waals surface area contributed by atoms with Gasteiger partial charge in [-0.05, 0) is 26.3 Å². The van der Waals surface area contributed by atoms with Gasteiger partial charge in [-0.2, -0.15) is 0 Å². The molecule has 2 atom stereocenters. The smallest absolute Gasteiger partial charge is 0.306 e. The first-order valence-corrected chi connectivity index (χ1v) is 7.76. The van der Waals surface area contributed by atoms with Gasteiger partial charge in [-0.3, -0.25) is 9.59 Å². The molecule has 4 heteroatoms. The van der Waals surface area contributed by atoms with Crippen molar-refractivity contribution in [2.45, 2.75) is 33.2 Å². The van der Waals surface area contributed by atoms with E-state index in [1.54, 1.807) is 6.92 Å². The second-order valence-electron chi connectivity index (χ2n) is 5.49. The maximum Gasteiger partial charge on any atom is 0.306 e. The number of hydrogen-bond donors (Lipinski definition) is 0. The Kier molecular flexibility index (Phi) is 5.36. The van der Waals surface area contributed by atoms with Gasteiger partial charge in [0.25, 0.3) is 0 Å². The van der Waals surface area contributed by atoms with E-state index in [4.69, 9.17) is 4.74 Å². The third-order valence-electron chi connectivity index (χ3n) is 4.14. The van der Waals surface area contributed by atoms with E-state index in [0.29, 0.717) is 13.2 Å². The summed E-state index contributed by atoms with van der Waals surface area (Å²) in [5, 5.41) is 0. The lowest BCUT2D eigenvalue weighted by Crippen LogP contribution is -2.29. The fourth-order valence-electron chi connectivity index (χ4n) is 2.96. The summed E-state index contributed by atoms with van der Waals surface area (Å²) < 4.78 is 5.02. The molecule has 0 spiro atoms. The summed E-state index contributed by atoms with van der Waals surface area (Å²) in [5.41, 5.74) is 1.82. The van der Waals surface area contributed by atoms with Gasteiger partial charge in [0, 0.05) is 18.0 Å². The molecule has 0 radical (unpaired) electrons. The van der Waals surface area contributed by atoms with Gasteiger partial charge < -0.3 is 9.64 Å². The molecule has 4 nitrogen and oxygen atoms in total. The number of esters is 1. The van der Waals surface area contributed by atoms with Crippen LogP contribution in [0.3, 0.4) is 0 Å². The molecule has 0 aromatic heterocycles. The number of rotatable bonds is 5. The summed E-state index contributed by atoms with van der Waals surface area (Å²) in [5.74, 6) is -0.301. The number of carbonyl (C=O) groups excluding carboxylic acids is 2. The minimum Gasteiger partial charge on any atom is -0.466 e.